The SMILES string of the molecule is COc1ccc([N+](=O)[O-])cc1S(=O)(=O)N(C)Cc1ccccc1. The van der Waals surface area contributed by atoms with Crippen LogP contribution in [-0.4, -0.2) is 31.8 Å². The molecule has 23 heavy (non-hydrogen) atoms. The number of nitrogens with zero attached hydrogens (tertiary/aromatic N) is 2. The molecule has 0 radical (unpaired) electrons. The van der Waals surface area contributed by atoms with Gasteiger partial charge in [0.15, 0.2) is 0 Å². The van der Waals surface area contributed by atoms with Gasteiger partial charge in [-0.05, 0) is 11.6 Å². The summed E-state index contributed by atoms with van der Waals surface area (Å²) in [4.78, 5) is 10.0. The van der Waals surface area contributed by atoms with Crippen LogP contribution >= 0.6 is 0 Å². The van der Waals surface area contributed by atoms with Gasteiger partial charge in [-0.15, -0.1) is 0 Å². The Hall–Kier alpha value is -2.45. The maximum absolute atomic E-state index is 12.7. The Morgan fingerprint density at radius 1 is 1.17 bits per heavy atom. The van der Waals surface area contributed by atoms with Crippen LogP contribution in [0.1, 0.15) is 5.56 Å². The van der Waals surface area contributed by atoms with Crippen LogP contribution in [0.2, 0.25) is 0 Å². The predicted molar refractivity (Wildman–Crippen MR) is 84.7 cm³/mol. The molecule has 0 aliphatic rings. The molecule has 0 saturated heterocycles. The summed E-state index contributed by atoms with van der Waals surface area (Å²) in [5.41, 5.74) is 0.500. The average Bonchev–Trinajstić information content (AvgIpc) is 2.55. The molecule has 0 spiro atoms. The first-order valence-corrected chi connectivity index (χ1v) is 8.13. The van der Waals surface area contributed by atoms with Crippen molar-refractivity contribution in [3.63, 3.8) is 0 Å². The minimum absolute atomic E-state index is 0.0653. The van der Waals surface area contributed by atoms with E-state index in [1.54, 1.807) is 12.1 Å². The van der Waals surface area contributed by atoms with Crippen LogP contribution in [0.3, 0.4) is 0 Å². The molecule has 0 aliphatic carbocycles. The molecular formula is C15H16N2O5S. The van der Waals surface area contributed by atoms with Crippen LogP contribution in [0.25, 0.3) is 0 Å². The van der Waals surface area contributed by atoms with Gasteiger partial charge in [0.25, 0.3) is 5.69 Å². The number of rotatable bonds is 6. The summed E-state index contributed by atoms with van der Waals surface area (Å²) < 4.78 is 31.6. The second-order valence-corrected chi connectivity index (χ2v) is 6.85. The van der Waals surface area contributed by atoms with Crippen molar-refractivity contribution in [2.24, 2.45) is 0 Å². The van der Waals surface area contributed by atoms with Crippen LogP contribution in [-0.2, 0) is 16.6 Å². The summed E-state index contributed by atoms with van der Waals surface area (Å²) in [6, 6.07) is 12.6. The van der Waals surface area contributed by atoms with E-state index in [0.29, 0.717) is 0 Å². The molecule has 2 aromatic carbocycles. The maximum atomic E-state index is 12.7. The summed E-state index contributed by atoms with van der Waals surface area (Å²) in [6.45, 7) is 0.148. The van der Waals surface area contributed by atoms with E-state index in [1.165, 1.54) is 26.3 Å². The van der Waals surface area contributed by atoms with Gasteiger partial charge in [0.05, 0.1) is 12.0 Å². The molecule has 7 nitrogen and oxygen atoms in total. The van der Waals surface area contributed by atoms with Gasteiger partial charge in [0.1, 0.15) is 10.6 Å². The van der Waals surface area contributed by atoms with Gasteiger partial charge < -0.3 is 4.74 Å². The zero-order chi connectivity index (χ0) is 17.0. The summed E-state index contributed by atoms with van der Waals surface area (Å²) in [5.74, 6) is 0.0653. The fraction of sp³-hybridized carbons (Fsp3) is 0.200. The molecule has 2 aromatic rings. The zero-order valence-electron chi connectivity index (χ0n) is 12.7. The van der Waals surface area contributed by atoms with E-state index in [2.05, 4.69) is 0 Å². The van der Waals surface area contributed by atoms with Crippen molar-refractivity contribution in [3.8, 4) is 5.75 Å². The van der Waals surface area contributed by atoms with Gasteiger partial charge >= 0.3 is 0 Å². The molecule has 0 fully saturated rings. The monoisotopic (exact) mass is 336 g/mol. The Labute approximate surface area is 134 Å². The number of nitro groups is 1. The maximum Gasteiger partial charge on any atom is 0.271 e. The smallest absolute Gasteiger partial charge is 0.271 e. The van der Waals surface area contributed by atoms with Crippen molar-refractivity contribution in [2.45, 2.75) is 11.4 Å². The van der Waals surface area contributed by atoms with Crippen molar-refractivity contribution in [1.82, 2.24) is 4.31 Å². The van der Waals surface area contributed by atoms with Crippen LogP contribution in [0.4, 0.5) is 5.69 Å². The second-order valence-electron chi connectivity index (χ2n) is 4.84. The van der Waals surface area contributed by atoms with Gasteiger partial charge in [0, 0.05) is 25.7 Å². The third-order valence-corrected chi connectivity index (χ3v) is 5.12. The normalized spacial score (nSPS) is 11.4. The third-order valence-electron chi connectivity index (χ3n) is 3.29. The summed E-state index contributed by atoms with van der Waals surface area (Å²) in [7, 11) is -1.20. The van der Waals surface area contributed by atoms with E-state index in [4.69, 9.17) is 4.74 Å². The lowest BCUT2D eigenvalue weighted by molar-refractivity contribution is -0.385. The van der Waals surface area contributed by atoms with Crippen LogP contribution < -0.4 is 4.74 Å². The minimum Gasteiger partial charge on any atom is -0.495 e. The summed E-state index contributed by atoms with van der Waals surface area (Å²) in [5, 5.41) is 10.9. The summed E-state index contributed by atoms with van der Waals surface area (Å²) in [6.07, 6.45) is 0. The van der Waals surface area contributed by atoms with E-state index in [-0.39, 0.29) is 22.9 Å². The van der Waals surface area contributed by atoms with E-state index in [9.17, 15) is 18.5 Å². The molecule has 0 bridgehead atoms. The number of hydrogen-bond acceptors (Lipinski definition) is 5. The molecule has 0 atom stereocenters. The fourth-order valence-electron chi connectivity index (χ4n) is 2.07. The Bertz CT molecular complexity index is 806. The first-order chi connectivity index (χ1) is 10.9. The highest BCUT2D eigenvalue weighted by Gasteiger charge is 2.27. The van der Waals surface area contributed by atoms with E-state index in [0.717, 1.165) is 15.9 Å². The standard InChI is InChI=1S/C15H16N2O5S/c1-16(11-12-6-4-3-5-7-12)23(20,21)15-10-13(17(18)19)8-9-14(15)22-2/h3-10H,11H2,1-2H3. The molecule has 0 aliphatic heterocycles. The highest BCUT2D eigenvalue weighted by Crippen LogP contribution is 2.30. The first kappa shape index (κ1) is 16.9. The quantitative estimate of drug-likeness (QED) is 0.597. The zero-order valence-corrected chi connectivity index (χ0v) is 13.5. The second kappa shape index (κ2) is 6.76. The van der Waals surface area contributed by atoms with Gasteiger partial charge in [-0.1, -0.05) is 30.3 Å². The topological polar surface area (TPSA) is 89.7 Å². The third kappa shape index (κ3) is 3.66. The van der Waals surface area contributed by atoms with Gasteiger partial charge in [-0.25, -0.2) is 8.42 Å². The van der Waals surface area contributed by atoms with Crippen molar-refractivity contribution in [3.05, 3.63) is 64.2 Å². The van der Waals surface area contributed by atoms with Crippen LogP contribution in [0.5, 0.6) is 5.75 Å². The lowest BCUT2D eigenvalue weighted by Gasteiger charge is -2.18. The van der Waals surface area contributed by atoms with Gasteiger partial charge in [0.2, 0.25) is 10.0 Å². The average molecular weight is 336 g/mol. The molecule has 0 aromatic heterocycles. The largest absolute Gasteiger partial charge is 0.495 e. The predicted octanol–water partition coefficient (Wildman–Crippen LogP) is 2.42. The lowest BCUT2D eigenvalue weighted by atomic mass is 10.2. The van der Waals surface area contributed by atoms with Gasteiger partial charge in [-0.3, -0.25) is 10.1 Å². The Morgan fingerprint density at radius 3 is 2.39 bits per heavy atom. The van der Waals surface area contributed by atoms with E-state index >= 15 is 0 Å². The molecule has 0 amide bonds. The molecular weight excluding hydrogens is 320 g/mol. The molecule has 0 saturated carbocycles. The fourth-order valence-corrected chi connectivity index (χ4v) is 3.40. The molecule has 8 heteroatoms. The van der Waals surface area contributed by atoms with Crippen molar-refractivity contribution >= 4 is 15.7 Å². The first-order valence-electron chi connectivity index (χ1n) is 6.69. The number of sulfonamides is 1. The number of methoxy groups -OCH3 is 1. The minimum atomic E-state index is -3.93. The van der Waals surface area contributed by atoms with E-state index < -0.39 is 14.9 Å². The van der Waals surface area contributed by atoms with Crippen LogP contribution in [0.15, 0.2) is 53.4 Å². The molecule has 0 heterocycles. The number of benzene rings is 2. The molecule has 2 rings (SSSR count). The highest BCUT2D eigenvalue weighted by atomic mass is 32.2. The lowest BCUT2D eigenvalue weighted by Crippen LogP contribution is -2.27. The molecule has 122 valence electrons. The number of hydrogen-bond donors (Lipinski definition) is 0. The van der Waals surface area contributed by atoms with Crippen LogP contribution in [0, 0.1) is 10.1 Å². The number of ether oxygens (including phenoxy) is 1. The highest BCUT2D eigenvalue weighted by molar-refractivity contribution is 7.89. The Kier molecular flexibility index (Phi) is 4.97. The molecule has 0 N–H and O–H groups in total. The van der Waals surface area contributed by atoms with Crippen molar-refractivity contribution in [2.75, 3.05) is 14.2 Å². The number of non-ortho nitro benzene ring substituents is 1. The van der Waals surface area contributed by atoms with Gasteiger partial charge in [-0.2, -0.15) is 4.31 Å². The number of nitro benzene ring substituents is 1. The Balaban J connectivity index is 2.41. The van der Waals surface area contributed by atoms with Crippen molar-refractivity contribution in [1.29, 1.82) is 0 Å². The molecule has 0 unspecified atom stereocenters. The summed E-state index contributed by atoms with van der Waals surface area (Å²) >= 11 is 0. The Morgan fingerprint density at radius 2 is 1.83 bits per heavy atom. The van der Waals surface area contributed by atoms with E-state index in [1.807, 2.05) is 18.2 Å². The van der Waals surface area contributed by atoms with Crippen molar-refractivity contribution < 1.29 is 18.1 Å².